The third-order valence-corrected chi connectivity index (χ3v) is 6.55. The summed E-state index contributed by atoms with van der Waals surface area (Å²) in [6.45, 7) is 1.45. The van der Waals surface area contributed by atoms with Gasteiger partial charge in [-0.15, -0.1) is 0 Å². The lowest BCUT2D eigenvalue weighted by Crippen LogP contribution is -2.51. The summed E-state index contributed by atoms with van der Waals surface area (Å²) in [6, 6.07) is 15.9. The molecule has 1 heterocycles. The summed E-state index contributed by atoms with van der Waals surface area (Å²) in [5.74, 6) is -1.67. The number of alkyl halides is 3. The van der Waals surface area contributed by atoms with Crippen LogP contribution in [0.3, 0.4) is 0 Å². The molecule has 0 spiro atoms. The molecule has 2 fully saturated rings. The topological polar surface area (TPSA) is 52.6 Å². The summed E-state index contributed by atoms with van der Waals surface area (Å²) in [4.78, 5) is 13.6. The van der Waals surface area contributed by atoms with Crippen LogP contribution in [0.4, 0.5) is 13.2 Å². The monoisotopic (exact) mass is 432 g/mol. The Morgan fingerprint density at radius 3 is 2.45 bits per heavy atom. The second-order valence-corrected chi connectivity index (χ2v) is 8.85. The largest absolute Gasteiger partial charge is 0.508 e. The third-order valence-electron chi connectivity index (χ3n) is 6.55. The zero-order valence-corrected chi connectivity index (χ0v) is 17.2. The molecule has 0 aromatic heterocycles. The predicted molar refractivity (Wildman–Crippen MR) is 112 cm³/mol. The van der Waals surface area contributed by atoms with Gasteiger partial charge in [0.25, 0.3) is 0 Å². The number of carbonyl (C=O) groups excluding carboxylic acids is 1. The molecule has 0 bridgehead atoms. The maximum absolute atomic E-state index is 13.5. The van der Waals surface area contributed by atoms with E-state index in [1.807, 2.05) is 36.4 Å². The molecule has 2 aromatic carbocycles. The Hall–Kier alpha value is -2.54. The maximum Gasteiger partial charge on any atom is 0.471 e. The van der Waals surface area contributed by atoms with Crippen molar-refractivity contribution in [3.8, 4) is 5.75 Å². The zero-order chi connectivity index (χ0) is 22.1. The number of aromatic hydroxyl groups is 1. The van der Waals surface area contributed by atoms with Gasteiger partial charge in [0.15, 0.2) is 0 Å². The lowest BCUT2D eigenvalue weighted by Gasteiger charge is -2.42. The number of halogens is 3. The van der Waals surface area contributed by atoms with Gasteiger partial charge in [-0.05, 0) is 67.4 Å². The van der Waals surface area contributed by atoms with Crippen LogP contribution < -0.4 is 5.32 Å². The van der Waals surface area contributed by atoms with Gasteiger partial charge in [-0.3, -0.25) is 4.79 Å². The van der Waals surface area contributed by atoms with E-state index in [9.17, 15) is 23.1 Å². The lowest BCUT2D eigenvalue weighted by atomic mass is 9.73. The minimum absolute atomic E-state index is 0.0629. The van der Waals surface area contributed by atoms with Gasteiger partial charge in [-0.1, -0.05) is 42.5 Å². The highest BCUT2D eigenvalue weighted by molar-refractivity contribution is 5.82. The number of piperidine rings is 1. The predicted octanol–water partition coefficient (Wildman–Crippen LogP) is 4.25. The average molecular weight is 432 g/mol. The normalized spacial score (nSPS) is 22.7. The number of nitrogens with zero attached hydrogens (tertiary/aromatic N) is 1. The molecule has 31 heavy (non-hydrogen) atoms. The van der Waals surface area contributed by atoms with Crippen LogP contribution in [0.2, 0.25) is 0 Å². The lowest BCUT2D eigenvalue weighted by molar-refractivity contribution is -0.188. The first-order valence-corrected chi connectivity index (χ1v) is 10.7. The van der Waals surface area contributed by atoms with Gasteiger partial charge in [0, 0.05) is 18.5 Å². The molecule has 7 heteroatoms. The Morgan fingerprint density at radius 1 is 1.10 bits per heavy atom. The minimum Gasteiger partial charge on any atom is -0.508 e. The molecule has 1 aliphatic heterocycles. The minimum atomic E-state index is -4.90. The summed E-state index contributed by atoms with van der Waals surface area (Å²) < 4.78 is 40.6. The van der Waals surface area contributed by atoms with E-state index in [0.717, 1.165) is 16.0 Å². The highest BCUT2D eigenvalue weighted by Crippen LogP contribution is 2.48. The molecule has 2 aliphatic rings. The van der Waals surface area contributed by atoms with Crippen LogP contribution in [-0.4, -0.2) is 47.8 Å². The molecule has 1 aliphatic carbocycles. The van der Waals surface area contributed by atoms with Crippen molar-refractivity contribution < 1.29 is 23.1 Å². The van der Waals surface area contributed by atoms with E-state index in [-0.39, 0.29) is 18.2 Å². The second kappa shape index (κ2) is 8.54. The van der Waals surface area contributed by atoms with E-state index in [1.54, 1.807) is 18.2 Å². The van der Waals surface area contributed by atoms with Crippen LogP contribution >= 0.6 is 0 Å². The summed E-state index contributed by atoms with van der Waals surface area (Å²) >= 11 is 0. The number of rotatable bonds is 6. The third kappa shape index (κ3) is 5.03. The molecule has 2 unspecified atom stereocenters. The van der Waals surface area contributed by atoms with Crippen molar-refractivity contribution in [1.29, 1.82) is 0 Å². The summed E-state index contributed by atoms with van der Waals surface area (Å²) in [7, 11) is 0. The molecule has 2 aromatic rings. The van der Waals surface area contributed by atoms with Gasteiger partial charge in [0.1, 0.15) is 5.75 Å². The Bertz CT molecular complexity index is 911. The second-order valence-electron chi connectivity index (χ2n) is 8.85. The number of benzene rings is 2. The molecule has 0 radical (unpaired) electrons. The van der Waals surface area contributed by atoms with Crippen molar-refractivity contribution in [2.75, 3.05) is 19.6 Å². The first kappa shape index (κ1) is 21.7. The zero-order valence-electron chi connectivity index (χ0n) is 17.2. The number of carbonyl (C=O) groups is 1. The molecule has 2 atom stereocenters. The molecule has 2 N–H and O–H groups in total. The van der Waals surface area contributed by atoms with Gasteiger partial charge >= 0.3 is 12.1 Å². The smallest absolute Gasteiger partial charge is 0.471 e. The molecule has 4 rings (SSSR count). The molecule has 166 valence electrons. The van der Waals surface area contributed by atoms with Crippen molar-refractivity contribution >= 4 is 5.91 Å². The summed E-state index contributed by atoms with van der Waals surface area (Å²) in [5, 5.41) is 13.1. The van der Waals surface area contributed by atoms with Crippen molar-refractivity contribution in [3.05, 3.63) is 65.7 Å². The highest BCUT2D eigenvalue weighted by atomic mass is 19.4. The van der Waals surface area contributed by atoms with E-state index >= 15 is 0 Å². The number of nitrogens with one attached hydrogen (secondary N) is 1. The summed E-state index contributed by atoms with van der Waals surface area (Å²) in [5.41, 5.74) is 1.38. The number of hydrogen-bond acceptors (Lipinski definition) is 3. The molecule has 4 nitrogen and oxygen atoms in total. The standard InChI is InChI=1S/C24H27F3N2O2/c25-24(26,27)22(31)29(21-14-20(21)18-6-2-1-3-7-18)16-23(9-11-28-12-10-23)15-17-5-4-8-19(30)13-17/h1-8,13,20-21,28,30H,9-12,14-16H2. The van der Waals surface area contributed by atoms with Gasteiger partial charge in [-0.2, -0.15) is 13.2 Å². The fraction of sp³-hybridized carbons (Fsp3) is 0.458. The molecule has 1 amide bonds. The molecule has 1 saturated heterocycles. The molecular weight excluding hydrogens is 405 g/mol. The van der Waals surface area contributed by atoms with Crippen molar-refractivity contribution in [2.24, 2.45) is 5.41 Å². The van der Waals surface area contributed by atoms with Crippen LogP contribution in [0.15, 0.2) is 54.6 Å². The Balaban J connectivity index is 1.61. The molecule has 1 saturated carbocycles. The van der Waals surface area contributed by atoms with Crippen LogP contribution in [0, 0.1) is 5.41 Å². The van der Waals surface area contributed by atoms with Gasteiger partial charge in [0.2, 0.25) is 0 Å². The van der Waals surface area contributed by atoms with Crippen LogP contribution in [0.5, 0.6) is 5.75 Å². The number of amides is 1. The van der Waals surface area contributed by atoms with Crippen molar-refractivity contribution in [3.63, 3.8) is 0 Å². The summed E-state index contributed by atoms with van der Waals surface area (Å²) in [6.07, 6.45) is -2.48. The quantitative estimate of drug-likeness (QED) is 0.718. The Kier molecular flexibility index (Phi) is 5.97. The average Bonchev–Trinajstić information content (AvgIpc) is 3.53. The van der Waals surface area contributed by atoms with Gasteiger partial charge < -0.3 is 15.3 Å². The van der Waals surface area contributed by atoms with E-state index in [0.29, 0.717) is 38.8 Å². The van der Waals surface area contributed by atoms with Crippen LogP contribution in [-0.2, 0) is 11.2 Å². The van der Waals surface area contributed by atoms with E-state index < -0.39 is 23.5 Å². The number of phenolic OH excluding ortho intramolecular Hbond substituents is 1. The van der Waals surface area contributed by atoms with Crippen molar-refractivity contribution in [2.45, 2.75) is 43.8 Å². The fourth-order valence-electron chi connectivity index (χ4n) is 4.90. The van der Waals surface area contributed by atoms with Crippen LogP contribution in [0.25, 0.3) is 0 Å². The van der Waals surface area contributed by atoms with Crippen molar-refractivity contribution in [1.82, 2.24) is 10.2 Å². The van der Waals surface area contributed by atoms with Gasteiger partial charge in [-0.25, -0.2) is 0 Å². The van der Waals surface area contributed by atoms with E-state index in [4.69, 9.17) is 0 Å². The van der Waals surface area contributed by atoms with Gasteiger partial charge in [0.05, 0.1) is 0 Å². The number of phenols is 1. The SMILES string of the molecule is O=C(N(CC1(Cc2cccc(O)c2)CCNCC1)C1CC1c1ccccc1)C(F)(F)F. The first-order chi connectivity index (χ1) is 14.8. The number of hydrogen-bond donors (Lipinski definition) is 2. The highest BCUT2D eigenvalue weighted by Gasteiger charge is 2.53. The van der Waals surface area contributed by atoms with E-state index in [1.165, 1.54) is 0 Å². The molecular formula is C24H27F3N2O2. The Labute approximate surface area is 180 Å². The van der Waals surface area contributed by atoms with Crippen LogP contribution in [0.1, 0.15) is 36.3 Å². The fourth-order valence-corrected chi connectivity index (χ4v) is 4.90. The first-order valence-electron chi connectivity index (χ1n) is 10.7. The Morgan fingerprint density at radius 2 is 1.81 bits per heavy atom. The van der Waals surface area contributed by atoms with E-state index in [2.05, 4.69) is 5.32 Å². The maximum atomic E-state index is 13.5.